The van der Waals surface area contributed by atoms with Crippen molar-refractivity contribution in [2.75, 3.05) is 13.1 Å². The molecule has 3 N–H and O–H groups in total. The topological polar surface area (TPSA) is 70.2 Å². The van der Waals surface area contributed by atoms with E-state index in [9.17, 15) is 8.42 Å². The molecule has 1 atom stereocenters. The Hall–Kier alpha value is -0.170. The molecule has 0 aromatic carbocycles. The van der Waals surface area contributed by atoms with Gasteiger partial charge in [0.15, 0.2) is 0 Å². The van der Waals surface area contributed by atoms with Crippen molar-refractivity contribution in [3.05, 3.63) is 0 Å². The molecule has 6 heteroatoms. The summed E-state index contributed by atoms with van der Waals surface area (Å²) in [6.45, 7) is 5.20. The molecule has 1 heterocycles. The Morgan fingerprint density at radius 2 is 2.15 bits per heavy atom. The zero-order valence-corrected chi connectivity index (χ0v) is 8.82. The Morgan fingerprint density at radius 1 is 1.46 bits per heavy atom. The van der Waals surface area contributed by atoms with Crippen LogP contribution in [0.15, 0.2) is 0 Å². The minimum absolute atomic E-state index is 0.0382. The van der Waals surface area contributed by atoms with Crippen molar-refractivity contribution in [1.82, 2.24) is 14.8 Å². The predicted octanol–water partition coefficient (Wildman–Crippen LogP) is -0.819. The van der Waals surface area contributed by atoms with Crippen molar-refractivity contribution < 1.29 is 8.42 Å². The third-order valence-corrected chi connectivity index (χ3v) is 3.20. The van der Waals surface area contributed by atoms with Crippen LogP contribution in [0, 0.1) is 0 Å². The highest BCUT2D eigenvalue weighted by Crippen LogP contribution is 1.98. The molecule has 1 aliphatic heterocycles. The fraction of sp³-hybridized carbons (Fsp3) is 1.00. The maximum absolute atomic E-state index is 11.3. The highest BCUT2D eigenvalue weighted by molar-refractivity contribution is 7.87. The van der Waals surface area contributed by atoms with E-state index in [0.29, 0.717) is 0 Å². The first kappa shape index (κ1) is 10.9. The summed E-state index contributed by atoms with van der Waals surface area (Å²) < 4.78 is 27.8. The van der Waals surface area contributed by atoms with E-state index in [0.717, 1.165) is 19.5 Å². The summed E-state index contributed by atoms with van der Waals surface area (Å²) in [4.78, 5) is 0. The average molecular weight is 207 g/mol. The first-order chi connectivity index (χ1) is 5.99. The highest BCUT2D eigenvalue weighted by Gasteiger charge is 2.20. The Morgan fingerprint density at radius 3 is 2.62 bits per heavy atom. The van der Waals surface area contributed by atoms with Crippen LogP contribution >= 0.6 is 0 Å². The van der Waals surface area contributed by atoms with Crippen LogP contribution in [-0.4, -0.2) is 33.6 Å². The standard InChI is InChI=1S/C7H17N3O2S/c1-6(2)9-13(11,12)10-7-3-4-8-5-7/h6-10H,3-5H2,1-2H3/t7-/m1/s1. The van der Waals surface area contributed by atoms with Crippen LogP contribution < -0.4 is 14.8 Å². The summed E-state index contributed by atoms with van der Waals surface area (Å²) in [5, 5.41) is 3.09. The fourth-order valence-corrected chi connectivity index (χ4v) is 2.65. The SMILES string of the molecule is CC(C)NS(=O)(=O)N[C@@H]1CCNC1. The third-order valence-electron chi connectivity index (χ3n) is 1.77. The fourth-order valence-electron chi connectivity index (χ4n) is 1.32. The zero-order valence-electron chi connectivity index (χ0n) is 8.00. The van der Waals surface area contributed by atoms with Gasteiger partial charge >= 0.3 is 0 Å². The number of nitrogens with one attached hydrogen (secondary N) is 3. The van der Waals surface area contributed by atoms with Crippen molar-refractivity contribution in [1.29, 1.82) is 0 Å². The van der Waals surface area contributed by atoms with Crippen LogP contribution in [0.4, 0.5) is 0 Å². The normalized spacial score (nSPS) is 24.1. The van der Waals surface area contributed by atoms with Crippen LogP contribution in [0.3, 0.4) is 0 Å². The molecule has 0 amide bonds. The lowest BCUT2D eigenvalue weighted by atomic mass is 10.3. The Balaban J connectivity index is 2.41. The minimum Gasteiger partial charge on any atom is -0.315 e. The van der Waals surface area contributed by atoms with Gasteiger partial charge in [-0.15, -0.1) is 0 Å². The van der Waals surface area contributed by atoms with Gasteiger partial charge in [0.2, 0.25) is 0 Å². The van der Waals surface area contributed by atoms with Crippen molar-refractivity contribution in [3.63, 3.8) is 0 Å². The van der Waals surface area contributed by atoms with Crippen molar-refractivity contribution >= 4 is 10.2 Å². The van der Waals surface area contributed by atoms with E-state index in [-0.39, 0.29) is 12.1 Å². The molecule has 0 saturated carbocycles. The smallest absolute Gasteiger partial charge is 0.277 e. The summed E-state index contributed by atoms with van der Waals surface area (Å²) in [7, 11) is -3.30. The summed E-state index contributed by atoms with van der Waals surface area (Å²) >= 11 is 0. The second-order valence-corrected chi connectivity index (χ2v) is 5.06. The molecule has 78 valence electrons. The third kappa shape index (κ3) is 4.04. The molecule has 1 saturated heterocycles. The maximum Gasteiger partial charge on any atom is 0.277 e. The van der Waals surface area contributed by atoms with Gasteiger partial charge in [0.1, 0.15) is 0 Å². The molecular formula is C7H17N3O2S. The lowest BCUT2D eigenvalue weighted by Crippen LogP contribution is -2.45. The molecule has 0 aromatic heterocycles. The van der Waals surface area contributed by atoms with Crippen molar-refractivity contribution in [2.24, 2.45) is 0 Å². The van der Waals surface area contributed by atoms with Gasteiger partial charge in [0.25, 0.3) is 10.2 Å². The number of hydrogen-bond acceptors (Lipinski definition) is 3. The van der Waals surface area contributed by atoms with E-state index >= 15 is 0 Å². The first-order valence-corrected chi connectivity index (χ1v) is 5.98. The predicted molar refractivity (Wildman–Crippen MR) is 51.6 cm³/mol. The van der Waals surface area contributed by atoms with E-state index in [1.807, 2.05) is 0 Å². The van der Waals surface area contributed by atoms with Crippen molar-refractivity contribution in [2.45, 2.75) is 32.4 Å². The molecule has 1 rings (SSSR count). The van der Waals surface area contributed by atoms with E-state index in [4.69, 9.17) is 0 Å². The largest absolute Gasteiger partial charge is 0.315 e. The summed E-state index contributed by atoms with van der Waals surface area (Å²) in [6, 6.07) is -0.0249. The first-order valence-electron chi connectivity index (χ1n) is 4.50. The molecule has 1 fully saturated rings. The van der Waals surface area contributed by atoms with Gasteiger partial charge in [-0.1, -0.05) is 0 Å². The minimum atomic E-state index is -3.30. The van der Waals surface area contributed by atoms with Crippen LogP contribution in [-0.2, 0) is 10.2 Å². The average Bonchev–Trinajstić information content (AvgIpc) is 2.34. The van der Waals surface area contributed by atoms with Gasteiger partial charge in [-0.25, -0.2) is 0 Å². The zero-order chi connectivity index (χ0) is 9.90. The molecule has 5 nitrogen and oxygen atoms in total. The highest BCUT2D eigenvalue weighted by atomic mass is 32.2. The molecule has 0 aliphatic carbocycles. The molecule has 0 spiro atoms. The number of rotatable bonds is 4. The summed E-state index contributed by atoms with van der Waals surface area (Å²) in [5.41, 5.74) is 0. The van der Waals surface area contributed by atoms with Crippen LogP contribution in [0.1, 0.15) is 20.3 Å². The molecule has 0 radical (unpaired) electrons. The van der Waals surface area contributed by atoms with E-state index < -0.39 is 10.2 Å². The number of hydrogen-bond donors (Lipinski definition) is 3. The molecule has 0 unspecified atom stereocenters. The monoisotopic (exact) mass is 207 g/mol. The van der Waals surface area contributed by atoms with E-state index in [1.165, 1.54) is 0 Å². The Labute approximate surface area is 79.5 Å². The van der Waals surface area contributed by atoms with Gasteiger partial charge in [-0.2, -0.15) is 17.9 Å². The summed E-state index contributed by atoms with van der Waals surface area (Å²) in [6.07, 6.45) is 0.860. The Kier molecular flexibility index (Phi) is 3.66. The van der Waals surface area contributed by atoms with Gasteiger partial charge in [0.05, 0.1) is 0 Å². The molecule has 13 heavy (non-hydrogen) atoms. The molecular weight excluding hydrogens is 190 g/mol. The van der Waals surface area contributed by atoms with Gasteiger partial charge in [-0.05, 0) is 26.8 Å². The van der Waals surface area contributed by atoms with Gasteiger partial charge < -0.3 is 5.32 Å². The lowest BCUT2D eigenvalue weighted by molar-refractivity contribution is 0.536. The second-order valence-electron chi connectivity index (χ2n) is 3.58. The van der Waals surface area contributed by atoms with Crippen LogP contribution in [0.25, 0.3) is 0 Å². The Bertz CT molecular complexity index is 244. The van der Waals surface area contributed by atoms with Gasteiger partial charge in [-0.3, -0.25) is 0 Å². The van der Waals surface area contributed by atoms with E-state index in [2.05, 4.69) is 14.8 Å². The lowest BCUT2D eigenvalue weighted by Gasteiger charge is -2.14. The summed E-state index contributed by atoms with van der Waals surface area (Å²) in [5.74, 6) is 0. The quantitative estimate of drug-likeness (QED) is 0.564. The van der Waals surface area contributed by atoms with Crippen molar-refractivity contribution in [3.8, 4) is 0 Å². The van der Waals surface area contributed by atoms with Crippen LogP contribution in [0.5, 0.6) is 0 Å². The maximum atomic E-state index is 11.3. The van der Waals surface area contributed by atoms with Gasteiger partial charge in [0, 0.05) is 18.6 Å². The van der Waals surface area contributed by atoms with E-state index in [1.54, 1.807) is 13.8 Å². The molecule has 0 aromatic rings. The molecule has 0 bridgehead atoms. The second kappa shape index (κ2) is 4.36. The molecule has 1 aliphatic rings. The van der Waals surface area contributed by atoms with Crippen LogP contribution in [0.2, 0.25) is 0 Å².